The topological polar surface area (TPSA) is 57.2 Å². The smallest absolute Gasteiger partial charge is 0.282 e. The molecule has 1 saturated heterocycles. The first-order chi connectivity index (χ1) is 15.9. The molecule has 1 N–H and O–H groups in total. The summed E-state index contributed by atoms with van der Waals surface area (Å²) in [7, 11) is 1.64. The number of halogens is 2. The third-order valence-electron chi connectivity index (χ3n) is 7.22. The Kier molecular flexibility index (Phi) is 6.25. The van der Waals surface area contributed by atoms with Crippen LogP contribution in [0.15, 0.2) is 47.6 Å². The number of carbonyl (C=O) groups is 1. The minimum atomic E-state index is -0.187. The maximum atomic E-state index is 13.3. The molecule has 2 aromatic carbocycles. The second kappa shape index (κ2) is 9.16. The average molecular weight is 487 g/mol. The Bertz CT molecular complexity index is 1060. The van der Waals surface area contributed by atoms with Gasteiger partial charge in [-0.2, -0.15) is 5.10 Å². The van der Waals surface area contributed by atoms with E-state index in [0.29, 0.717) is 33.3 Å². The van der Waals surface area contributed by atoms with Gasteiger partial charge in [-0.3, -0.25) is 15.2 Å². The number of nitrogens with one attached hydrogen (secondary N) is 1. The van der Waals surface area contributed by atoms with Crippen molar-refractivity contribution in [3.8, 4) is 5.75 Å². The number of benzene rings is 2. The number of rotatable bonds is 5. The number of ether oxygens (including phenoxy) is 1. The molecular weight excluding hydrogens is 459 g/mol. The maximum Gasteiger partial charge on any atom is 0.282 e. The van der Waals surface area contributed by atoms with Gasteiger partial charge in [0.25, 0.3) is 5.91 Å². The minimum Gasteiger partial charge on any atom is -0.497 e. The van der Waals surface area contributed by atoms with Crippen molar-refractivity contribution in [1.29, 1.82) is 0 Å². The van der Waals surface area contributed by atoms with Crippen LogP contribution in [0.4, 0.5) is 5.69 Å². The van der Waals surface area contributed by atoms with Gasteiger partial charge in [0.15, 0.2) is 0 Å². The summed E-state index contributed by atoms with van der Waals surface area (Å²) in [5.74, 6) is 1.88. The van der Waals surface area contributed by atoms with Crippen molar-refractivity contribution in [1.82, 2.24) is 10.4 Å². The first-order valence-corrected chi connectivity index (χ1v) is 12.2. The second-order valence-corrected chi connectivity index (χ2v) is 10.1. The summed E-state index contributed by atoms with van der Waals surface area (Å²) in [5.41, 5.74) is 5.37. The van der Waals surface area contributed by atoms with Crippen LogP contribution < -0.4 is 15.2 Å². The molecule has 1 aliphatic carbocycles. The third-order valence-corrected chi connectivity index (χ3v) is 7.75. The molecular formula is C25H28Cl2N4O2. The highest BCUT2D eigenvalue weighted by molar-refractivity contribution is 6.41. The van der Waals surface area contributed by atoms with Crippen molar-refractivity contribution in [2.24, 2.45) is 22.9 Å². The van der Waals surface area contributed by atoms with Crippen LogP contribution in [0, 0.1) is 17.8 Å². The van der Waals surface area contributed by atoms with E-state index >= 15 is 0 Å². The molecule has 2 aromatic rings. The SMILES string of the molecule is COc1ccc([C@@H]2[C@@H](C)C(C(=O)NN3CC4CCCC4C3)=NN2c2ccc(Cl)cc2Cl)cc1. The van der Waals surface area contributed by atoms with Crippen molar-refractivity contribution < 1.29 is 9.53 Å². The van der Waals surface area contributed by atoms with Crippen molar-refractivity contribution in [3.63, 3.8) is 0 Å². The quantitative estimate of drug-likeness (QED) is 0.621. The highest BCUT2D eigenvalue weighted by atomic mass is 35.5. The van der Waals surface area contributed by atoms with Crippen LogP contribution in [0.3, 0.4) is 0 Å². The molecule has 0 spiro atoms. The predicted molar refractivity (Wildman–Crippen MR) is 132 cm³/mol. The van der Waals surface area contributed by atoms with Gasteiger partial charge < -0.3 is 4.74 Å². The summed E-state index contributed by atoms with van der Waals surface area (Å²) in [6.07, 6.45) is 3.83. The highest BCUT2D eigenvalue weighted by Gasteiger charge is 2.42. The Labute approximate surface area is 204 Å². The number of nitrogens with zero attached hydrogens (tertiary/aromatic N) is 3. The first-order valence-electron chi connectivity index (χ1n) is 11.5. The van der Waals surface area contributed by atoms with E-state index in [1.807, 2.05) is 42.3 Å². The lowest BCUT2D eigenvalue weighted by Crippen LogP contribution is -2.45. The Morgan fingerprint density at radius 1 is 1.09 bits per heavy atom. The Morgan fingerprint density at radius 2 is 1.79 bits per heavy atom. The van der Waals surface area contributed by atoms with Crippen molar-refractivity contribution in [2.75, 3.05) is 25.2 Å². The maximum absolute atomic E-state index is 13.3. The molecule has 174 valence electrons. The van der Waals surface area contributed by atoms with Crippen molar-refractivity contribution in [3.05, 3.63) is 58.1 Å². The number of hydrogen-bond donors (Lipinski definition) is 1. The molecule has 2 heterocycles. The molecule has 4 atom stereocenters. The molecule has 2 unspecified atom stereocenters. The van der Waals surface area contributed by atoms with Gasteiger partial charge in [0.05, 0.1) is 23.9 Å². The van der Waals surface area contributed by atoms with E-state index in [1.54, 1.807) is 19.2 Å². The standard InChI is InChI=1S/C25H28Cl2N4O2/c1-15-23(25(32)29-30-13-17-4-3-5-18(17)14-30)28-31(22-11-8-19(26)12-21(22)27)24(15)16-6-9-20(33-2)10-7-16/h6-12,15,17-18,24H,3-5,13-14H2,1-2H3,(H,29,32)/t15-,17?,18?,24-/m0/s1. The van der Waals surface area contributed by atoms with E-state index in [9.17, 15) is 4.79 Å². The fraction of sp³-hybridized carbons (Fsp3) is 0.440. The number of hydrazone groups is 1. The zero-order valence-corrected chi connectivity index (χ0v) is 20.3. The van der Waals surface area contributed by atoms with Gasteiger partial charge >= 0.3 is 0 Å². The molecule has 0 radical (unpaired) electrons. The zero-order chi connectivity index (χ0) is 23.1. The van der Waals surface area contributed by atoms with Crippen LogP contribution in [0.25, 0.3) is 0 Å². The second-order valence-electron chi connectivity index (χ2n) is 9.23. The summed E-state index contributed by atoms with van der Waals surface area (Å²) in [6, 6.07) is 13.0. The summed E-state index contributed by atoms with van der Waals surface area (Å²) < 4.78 is 5.32. The van der Waals surface area contributed by atoms with Crippen LogP contribution in [0.5, 0.6) is 5.75 Å². The predicted octanol–water partition coefficient (Wildman–Crippen LogP) is 5.32. The first kappa shape index (κ1) is 22.5. The number of anilines is 1. The number of amides is 1. The van der Waals surface area contributed by atoms with Crippen LogP contribution >= 0.6 is 23.2 Å². The number of methoxy groups -OCH3 is 1. The van der Waals surface area contributed by atoms with Gasteiger partial charge in [-0.25, -0.2) is 5.01 Å². The monoisotopic (exact) mass is 486 g/mol. The Hall–Kier alpha value is -2.28. The Balaban J connectivity index is 1.44. The molecule has 1 saturated carbocycles. The van der Waals surface area contributed by atoms with Gasteiger partial charge in [0.2, 0.25) is 0 Å². The molecule has 2 fully saturated rings. The third kappa shape index (κ3) is 4.32. The highest BCUT2D eigenvalue weighted by Crippen LogP contribution is 2.43. The molecule has 33 heavy (non-hydrogen) atoms. The Morgan fingerprint density at radius 3 is 2.42 bits per heavy atom. The number of hydrazine groups is 1. The zero-order valence-electron chi connectivity index (χ0n) is 18.8. The van der Waals surface area contributed by atoms with Crippen LogP contribution in [-0.2, 0) is 4.79 Å². The molecule has 2 aliphatic heterocycles. The van der Waals surface area contributed by atoms with E-state index < -0.39 is 0 Å². The lowest BCUT2D eigenvalue weighted by atomic mass is 9.91. The largest absolute Gasteiger partial charge is 0.497 e. The average Bonchev–Trinajstić information content (AvgIpc) is 3.47. The fourth-order valence-corrected chi connectivity index (χ4v) is 6.01. The summed E-state index contributed by atoms with van der Waals surface area (Å²) in [4.78, 5) is 13.3. The minimum absolute atomic E-state index is 0.145. The van der Waals surface area contributed by atoms with Gasteiger partial charge in [-0.05, 0) is 60.6 Å². The molecule has 1 amide bonds. The van der Waals surface area contributed by atoms with Crippen molar-refractivity contribution in [2.45, 2.75) is 32.2 Å². The van der Waals surface area contributed by atoms with Crippen molar-refractivity contribution >= 4 is 40.5 Å². The van der Waals surface area contributed by atoms with Crippen LogP contribution in [0.2, 0.25) is 10.0 Å². The normalized spacial score (nSPS) is 26.9. The molecule has 0 aromatic heterocycles. The molecule has 8 heteroatoms. The number of hydrogen-bond acceptors (Lipinski definition) is 5. The number of carbonyl (C=O) groups excluding carboxylic acids is 1. The van der Waals surface area contributed by atoms with Crippen LogP contribution in [0.1, 0.15) is 37.8 Å². The molecule has 5 rings (SSSR count). The summed E-state index contributed by atoms with van der Waals surface area (Å²) >= 11 is 12.7. The van der Waals surface area contributed by atoms with Gasteiger partial charge in [-0.15, -0.1) is 0 Å². The molecule has 0 bridgehead atoms. The summed E-state index contributed by atoms with van der Waals surface area (Å²) in [6.45, 7) is 3.88. The van der Waals surface area contributed by atoms with Crippen LogP contribution in [-0.4, -0.2) is 36.8 Å². The van der Waals surface area contributed by atoms with E-state index in [-0.39, 0.29) is 17.9 Å². The van der Waals surface area contributed by atoms with Gasteiger partial charge in [0, 0.05) is 24.0 Å². The van der Waals surface area contributed by atoms with E-state index in [1.165, 1.54) is 19.3 Å². The van der Waals surface area contributed by atoms with E-state index in [4.69, 9.17) is 33.0 Å². The van der Waals surface area contributed by atoms with E-state index in [2.05, 4.69) is 10.4 Å². The fourth-order valence-electron chi connectivity index (χ4n) is 5.51. The van der Waals surface area contributed by atoms with Gasteiger partial charge in [-0.1, -0.05) is 48.7 Å². The molecule has 3 aliphatic rings. The van der Waals surface area contributed by atoms with E-state index in [0.717, 1.165) is 24.4 Å². The molecule has 6 nitrogen and oxygen atoms in total. The lowest BCUT2D eigenvalue weighted by Gasteiger charge is -2.27. The summed E-state index contributed by atoms with van der Waals surface area (Å²) in [5, 5.41) is 9.76. The van der Waals surface area contributed by atoms with Gasteiger partial charge in [0.1, 0.15) is 11.5 Å². The number of fused-ring (bicyclic) bond motifs is 1. The lowest BCUT2D eigenvalue weighted by molar-refractivity contribution is -0.119.